The van der Waals surface area contributed by atoms with Gasteiger partial charge in [0.1, 0.15) is 49.8 Å². The number of carbonyl (C=O) groups is 10. The van der Waals surface area contributed by atoms with Crippen LogP contribution >= 0.6 is 0 Å². The number of rotatable bonds is 33. The third-order valence-electron chi connectivity index (χ3n) is 37.5. The van der Waals surface area contributed by atoms with Crippen molar-refractivity contribution in [2.45, 2.75) is 358 Å². The third-order valence-corrected chi connectivity index (χ3v) is 37.5. The highest BCUT2D eigenvalue weighted by Crippen LogP contribution is 2.65. The molecule has 0 amide bonds. The second-order valence-corrected chi connectivity index (χ2v) is 50.3. The fourth-order valence-electron chi connectivity index (χ4n) is 28.4. The number of hydrogen-bond acceptors (Lipinski definition) is 33. The molecule has 0 aromatic rings. The van der Waals surface area contributed by atoms with Gasteiger partial charge in [-0.15, -0.1) is 0 Å². The standard InChI is InChI=1S/C23H32O6.C21H32O7.C21H28O6.C21H32O6.C19H24O8/c1-9-11-5-13(19-17(11)28-19)15(9)21(24)26-7-23(3,4)8-27-22(25)16-10(2)12-6-14(16)20-18(12)29-20;1-3-21(10-24-2,11-25-19(22)13-4-6-15-17(8-13)27-15)12-26-20(23)14-5-7-16-18(9-14)28-16;1-21(2,7-24-19(22)13-5-9-3-11(13)17-15(9)26-17)8-25-20(23)14-6-10-4-12(14)18-16(10)27-18;1-11-5-15-17(26-15)7-13(11)19(22)24-9-21(3,4)10-25-20(23)14-8-18-16(27-18)6-12(14)2;1-19(2,5-22-17(20)7-3-9-13-15(26-13)11(7)24-9)6-23-18(21)8-4-10-14-16(27-14)12(8)25-10/h9-20H,5-8H2,1-4H3;13-18H,3-12H2,1-2H3;9-18H,3-8H2,1-2H3;11-18H,5-10H2,1-4H3;7-16H,3-6H2,1-2H3. The molecule has 26 rings (SSSR count). The van der Waals surface area contributed by atoms with E-state index < -0.39 is 21.7 Å². The van der Waals surface area contributed by atoms with Crippen LogP contribution in [0.15, 0.2) is 0 Å². The Hall–Kier alpha value is -5.82. The summed E-state index contributed by atoms with van der Waals surface area (Å²) in [5, 5.41) is 0. The van der Waals surface area contributed by atoms with Gasteiger partial charge in [-0.3, -0.25) is 47.9 Å². The topological polar surface area (TPSA) is 416 Å². The fourth-order valence-corrected chi connectivity index (χ4v) is 28.4. The Kier molecular flexibility index (Phi) is 26.0. The van der Waals surface area contributed by atoms with E-state index in [0.717, 1.165) is 103 Å². The summed E-state index contributed by atoms with van der Waals surface area (Å²) in [7, 11) is 1.62. The predicted octanol–water partition coefficient (Wildman–Crippen LogP) is 9.57. The fraction of sp³-hybridized carbons (Fsp3) is 0.905. The van der Waals surface area contributed by atoms with E-state index in [0.29, 0.717) is 170 Å². The van der Waals surface area contributed by atoms with Crippen LogP contribution in [0.4, 0.5) is 0 Å². The molecule has 138 heavy (non-hydrogen) atoms. The van der Waals surface area contributed by atoms with Gasteiger partial charge in [-0.2, -0.15) is 0 Å². The van der Waals surface area contributed by atoms with E-state index in [9.17, 15) is 47.9 Å². The first-order valence-corrected chi connectivity index (χ1v) is 52.9. The molecule has 0 aromatic carbocycles. The summed E-state index contributed by atoms with van der Waals surface area (Å²) in [5.41, 5.74) is -2.15. The molecule has 46 atom stereocenters. The van der Waals surface area contributed by atoms with Gasteiger partial charge in [-0.05, 0) is 169 Å². The van der Waals surface area contributed by atoms with Crippen molar-refractivity contribution in [3.8, 4) is 0 Å². The first-order valence-electron chi connectivity index (χ1n) is 52.9. The van der Waals surface area contributed by atoms with Gasteiger partial charge >= 0.3 is 59.7 Å². The molecule has 26 fully saturated rings. The van der Waals surface area contributed by atoms with Crippen LogP contribution in [0.5, 0.6) is 0 Å². The first-order chi connectivity index (χ1) is 65.9. The average Bonchev–Trinajstić information content (AvgIpc) is 1.32. The minimum Gasteiger partial charge on any atom is -0.465 e. The summed E-state index contributed by atoms with van der Waals surface area (Å²) in [6.45, 7) is 29.0. The Morgan fingerprint density at radius 3 is 0.862 bits per heavy atom. The summed E-state index contributed by atoms with van der Waals surface area (Å²) >= 11 is 0. The molecule has 46 unspecified atom stereocenters. The lowest BCUT2D eigenvalue weighted by atomic mass is 9.80. The lowest BCUT2D eigenvalue weighted by Crippen LogP contribution is -2.40. The molecule has 12 bridgehead atoms. The molecule has 766 valence electrons. The predicted molar refractivity (Wildman–Crippen MR) is 476 cm³/mol. The van der Waals surface area contributed by atoms with E-state index in [1.165, 1.54) is 0 Å². The Balaban J connectivity index is 0.0000000996. The molecule has 0 spiro atoms. The Morgan fingerprint density at radius 2 is 0.536 bits per heavy atom. The Labute approximate surface area is 808 Å². The zero-order chi connectivity index (χ0) is 96.3. The van der Waals surface area contributed by atoms with Crippen molar-refractivity contribution in [3.63, 3.8) is 0 Å². The quantitative estimate of drug-likeness (QED) is 0.0335. The van der Waals surface area contributed by atoms with Gasteiger partial charge in [0.05, 0.1) is 234 Å². The third kappa shape index (κ3) is 19.8. The van der Waals surface area contributed by atoms with Gasteiger partial charge in [0.15, 0.2) is 0 Å². The van der Waals surface area contributed by atoms with Crippen LogP contribution in [0.1, 0.15) is 212 Å². The number of esters is 10. The normalized spacial score (nSPS) is 46.8. The van der Waals surface area contributed by atoms with Crippen molar-refractivity contribution in [1.82, 2.24) is 0 Å². The van der Waals surface area contributed by atoms with Gasteiger partial charge in [-0.25, -0.2) is 0 Å². The van der Waals surface area contributed by atoms with Crippen molar-refractivity contribution >= 4 is 59.7 Å². The number of hydrogen-bond donors (Lipinski definition) is 0. The highest BCUT2D eigenvalue weighted by atomic mass is 16.7. The lowest BCUT2D eigenvalue weighted by Gasteiger charge is -2.32. The van der Waals surface area contributed by atoms with Crippen LogP contribution < -0.4 is 0 Å². The molecule has 33 nitrogen and oxygen atoms in total. The van der Waals surface area contributed by atoms with Gasteiger partial charge in [0, 0.05) is 52.4 Å². The molecular weight excluding hydrogens is 1790 g/mol. The van der Waals surface area contributed by atoms with E-state index in [2.05, 4.69) is 27.7 Å². The summed E-state index contributed by atoms with van der Waals surface area (Å²) in [6.07, 6.45) is 22.4. The van der Waals surface area contributed by atoms with Crippen LogP contribution in [-0.2, 0) is 157 Å². The maximum Gasteiger partial charge on any atom is 0.311 e. The number of epoxide rings is 10. The average molecular weight is 1940 g/mol. The highest BCUT2D eigenvalue weighted by Gasteiger charge is 2.73. The molecule has 0 aromatic heterocycles. The molecule has 12 saturated carbocycles. The SMILES string of the molecule is CC(C)(COC(=O)C1CC2CC1C1OC21)COC(=O)C1CC2CC1C1OC21.CC(C)(COC(=O)C1CC2OC1C1OC21)COC(=O)C1CC2OC1C1OC21.CC1C2CC(C3OC23)C1C(=O)OCC(C)(C)COC(=O)C1C(C)C2CC1C1OC21.CC1CC2OC2CC1C(=O)OCC(C)(C)COC(=O)C1CC2OC2CC1C.CCC(COC)(COC(=O)C1CCC2OC2C1)COC(=O)C1CCC2OC2C1. The largest absolute Gasteiger partial charge is 0.465 e. The zero-order valence-electron chi connectivity index (χ0n) is 82.7. The van der Waals surface area contributed by atoms with Crippen LogP contribution in [0.2, 0.25) is 0 Å². The van der Waals surface area contributed by atoms with Gasteiger partial charge in [0.25, 0.3) is 0 Å². The van der Waals surface area contributed by atoms with Crippen molar-refractivity contribution in [1.29, 1.82) is 0 Å². The molecule has 14 saturated heterocycles. The molecule has 0 radical (unpaired) electrons. The Bertz CT molecular complexity index is 4170. The van der Waals surface area contributed by atoms with Crippen molar-refractivity contribution in [2.75, 3.05) is 79.8 Å². The lowest BCUT2D eigenvalue weighted by molar-refractivity contribution is -0.164. The summed E-state index contributed by atoms with van der Waals surface area (Å²) in [4.78, 5) is 125. The summed E-state index contributed by atoms with van der Waals surface area (Å²) in [5.74, 6) is 2.42. The minimum absolute atomic E-state index is 0.00220. The molecular formula is C105H148O33. The zero-order valence-corrected chi connectivity index (χ0v) is 82.7. The van der Waals surface area contributed by atoms with E-state index >= 15 is 0 Å². The first kappa shape index (κ1) is 96.9. The van der Waals surface area contributed by atoms with Gasteiger partial charge < -0.3 is 109 Å². The van der Waals surface area contributed by atoms with E-state index in [-0.39, 0.29) is 264 Å². The number of fused-ring (bicyclic) bond motifs is 34. The van der Waals surface area contributed by atoms with Crippen LogP contribution in [0, 0.1) is 157 Å². The van der Waals surface area contributed by atoms with Crippen LogP contribution in [0.3, 0.4) is 0 Å². The number of carbonyl (C=O) groups excluding carboxylic acids is 10. The van der Waals surface area contributed by atoms with E-state index in [1.807, 2.05) is 62.3 Å². The second-order valence-electron chi connectivity index (χ2n) is 50.3. The number of methoxy groups -OCH3 is 1. The molecule has 0 N–H and O–H groups in total. The molecule has 12 aliphatic carbocycles. The maximum atomic E-state index is 12.8. The summed E-state index contributed by atoms with van der Waals surface area (Å²) < 4.78 is 129. The second kappa shape index (κ2) is 37.0. The molecule has 26 aliphatic rings. The van der Waals surface area contributed by atoms with E-state index in [4.69, 9.17) is 109 Å². The molecule has 14 aliphatic heterocycles. The van der Waals surface area contributed by atoms with Crippen LogP contribution in [-0.4, -0.2) is 286 Å². The Morgan fingerprint density at radius 1 is 0.239 bits per heavy atom. The summed E-state index contributed by atoms with van der Waals surface area (Å²) in [6, 6.07) is 0. The van der Waals surface area contributed by atoms with Gasteiger partial charge in [0.2, 0.25) is 0 Å². The molecule has 33 heteroatoms. The maximum absolute atomic E-state index is 12.8. The molecule has 14 heterocycles. The van der Waals surface area contributed by atoms with E-state index in [1.54, 1.807) is 7.11 Å². The van der Waals surface area contributed by atoms with Crippen LogP contribution in [0.25, 0.3) is 0 Å². The smallest absolute Gasteiger partial charge is 0.311 e. The highest BCUT2D eigenvalue weighted by molar-refractivity contribution is 5.79. The monoisotopic (exact) mass is 1940 g/mol. The minimum atomic E-state index is -0.513. The van der Waals surface area contributed by atoms with Crippen molar-refractivity contribution in [3.05, 3.63) is 0 Å². The number of ether oxygens (including phenoxy) is 23. The van der Waals surface area contributed by atoms with Crippen molar-refractivity contribution < 1.29 is 157 Å². The van der Waals surface area contributed by atoms with Crippen molar-refractivity contribution in [2.24, 2.45) is 157 Å². The van der Waals surface area contributed by atoms with Gasteiger partial charge in [-0.1, -0.05) is 90.0 Å².